The second-order valence-electron chi connectivity index (χ2n) is 9.98. The molecule has 1 N–H and O–H groups in total. The third-order valence-electron chi connectivity index (χ3n) is 7.99. The molecule has 0 aromatic heterocycles. The molecule has 202 valence electrons. The average molecular weight is 542 g/mol. The van der Waals surface area contributed by atoms with Crippen molar-refractivity contribution in [2.75, 3.05) is 13.1 Å². The van der Waals surface area contributed by atoms with Crippen LogP contribution in [0.4, 0.5) is 13.2 Å². The van der Waals surface area contributed by atoms with E-state index in [1.165, 1.54) is 43.3 Å². The van der Waals surface area contributed by atoms with Crippen molar-refractivity contribution in [1.29, 1.82) is 0 Å². The van der Waals surface area contributed by atoms with E-state index in [4.69, 9.17) is 17.7 Å². The standard InChI is InChI=1S/C25H30NO3.CHF3O3S/c27-24(25(28,19-9-3-1-4-10-19)20-11-5-2-6-12-20)29-23-17-21-13-14-22(18-23)26(21)15-7-8-16-26;2-1(3,4)8(5,6)7/h1-6,9-12,21-23,28H,7-8,13-18H2;(H,5,6,7)/q+1;/p-1. The van der Waals surface area contributed by atoms with Crippen molar-refractivity contribution in [3.8, 4) is 0 Å². The number of ether oxygens (including phenoxy) is 1. The van der Waals surface area contributed by atoms with Crippen LogP contribution in [0.1, 0.15) is 49.7 Å². The Balaban J connectivity index is 0.000000349. The number of carbonyl (C=O) groups is 1. The van der Waals surface area contributed by atoms with Gasteiger partial charge in [0.05, 0.1) is 25.2 Å². The molecule has 5 rings (SSSR count). The van der Waals surface area contributed by atoms with E-state index in [-0.39, 0.29) is 6.10 Å². The summed E-state index contributed by atoms with van der Waals surface area (Å²) in [7, 11) is -6.09. The van der Waals surface area contributed by atoms with Gasteiger partial charge in [0.25, 0.3) is 0 Å². The number of nitrogens with zero attached hydrogens (tertiary/aromatic N) is 1. The fraction of sp³-hybridized carbons (Fsp3) is 0.500. The van der Waals surface area contributed by atoms with E-state index in [1.54, 1.807) is 24.3 Å². The van der Waals surface area contributed by atoms with Crippen LogP contribution in [0.15, 0.2) is 60.7 Å². The highest BCUT2D eigenvalue weighted by Gasteiger charge is 2.56. The topological polar surface area (TPSA) is 104 Å². The first-order chi connectivity index (χ1) is 17.4. The molecule has 0 amide bonds. The minimum Gasteiger partial charge on any atom is -0.741 e. The summed E-state index contributed by atoms with van der Waals surface area (Å²) < 4.78 is 66.2. The Morgan fingerprint density at radius 1 is 0.892 bits per heavy atom. The van der Waals surface area contributed by atoms with Gasteiger partial charge in [-0.1, -0.05) is 60.7 Å². The number of hydrogen-bond donors (Lipinski definition) is 1. The molecule has 2 aromatic rings. The summed E-state index contributed by atoms with van der Waals surface area (Å²) in [6.07, 6.45) is 6.94. The second kappa shape index (κ2) is 10.4. The van der Waals surface area contributed by atoms with Crippen LogP contribution in [-0.2, 0) is 25.3 Å². The summed E-state index contributed by atoms with van der Waals surface area (Å²) in [4.78, 5) is 13.4. The molecule has 0 radical (unpaired) electrons. The van der Waals surface area contributed by atoms with Crippen LogP contribution in [0.2, 0.25) is 0 Å². The first-order valence-corrected chi connectivity index (χ1v) is 13.7. The molecule has 3 fully saturated rings. The van der Waals surface area contributed by atoms with Gasteiger partial charge in [-0.15, -0.1) is 0 Å². The first kappa shape index (κ1) is 27.6. The highest BCUT2D eigenvalue weighted by atomic mass is 32.2. The monoisotopic (exact) mass is 541 g/mol. The van der Waals surface area contributed by atoms with Crippen LogP contribution in [0.5, 0.6) is 0 Å². The Labute approximate surface area is 214 Å². The normalized spacial score (nSPS) is 24.8. The molecule has 37 heavy (non-hydrogen) atoms. The number of halogens is 3. The maximum absolute atomic E-state index is 13.4. The van der Waals surface area contributed by atoms with Gasteiger partial charge in [0, 0.05) is 38.5 Å². The fourth-order valence-electron chi connectivity index (χ4n) is 6.30. The van der Waals surface area contributed by atoms with Gasteiger partial charge in [-0.3, -0.25) is 0 Å². The molecule has 0 saturated carbocycles. The van der Waals surface area contributed by atoms with Crippen LogP contribution >= 0.6 is 0 Å². The molecule has 7 nitrogen and oxygen atoms in total. The number of carbonyl (C=O) groups excluding carboxylic acids is 1. The van der Waals surface area contributed by atoms with Gasteiger partial charge in [0.1, 0.15) is 6.10 Å². The van der Waals surface area contributed by atoms with Crippen molar-refractivity contribution in [2.24, 2.45) is 0 Å². The molecule has 2 atom stereocenters. The Morgan fingerprint density at radius 2 is 1.30 bits per heavy atom. The Morgan fingerprint density at radius 3 is 1.68 bits per heavy atom. The predicted molar refractivity (Wildman–Crippen MR) is 127 cm³/mol. The Bertz CT molecular complexity index is 1130. The van der Waals surface area contributed by atoms with Crippen molar-refractivity contribution < 1.29 is 45.3 Å². The molecular weight excluding hydrogens is 511 g/mol. The number of esters is 1. The smallest absolute Gasteiger partial charge is 0.485 e. The molecule has 3 aliphatic rings. The van der Waals surface area contributed by atoms with Gasteiger partial charge < -0.3 is 18.9 Å². The summed E-state index contributed by atoms with van der Waals surface area (Å²) in [5, 5.41) is 11.6. The van der Waals surface area contributed by atoms with Gasteiger partial charge in [0.15, 0.2) is 10.1 Å². The number of hydrogen-bond acceptors (Lipinski definition) is 6. The summed E-state index contributed by atoms with van der Waals surface area (Å²) in [6.45, 7) is 2.60. The molecule has 2 aromatic carbocycles. The van der Waals surface area contributed by atoms with Gasteiger partial charge >= 0.3 is 11.5 Å². The largest absolute Gasteiger partial charge is 0.741 e. The van der Waals surface area contributed by atoms with E-state index in [2.05, 4.69) is 0 Å². The molecule has 2 bridgehead atoms. The third kappa shape index (κ3) is 5.41. The van der Waals surface area contributed by atoms with Crippen LogP contribution < -0.4 is 0 Å². The number of benzene rings is 2. The molecule has 3 aliphatic heterocycles. The predicted octanol–water partition coefficient (Wildman–Crippen LogP) is 3.82. The van der Waals surface area contributed by atoms with E-state index >= 15 is 0 Å². The van der Waals surface area contributed by atoms with E-state index in [0.717, 1.165) is 12.8 Å². The molecule has 3 saturated heterocycles. The SMILES string of the molecule is O=C(OC1CC2CCC(C1)[N+]21CCCC1)C(O)(c1ccccc1)c1ccccc1.O=S(=O)([O-])C(F)(F)F. The van der Waals surface area contributed by atoms with Crippen molar-refractivity contribution in [1.82, 2.24) is 0 Å². The lowest BCUT2D eigenvalue weighted by Gasteiger charge is -2.47. The van der Waals surface area contributed by atoms with E-state index < -0.39 is 27.2 Å². The minimum atomic E-state index is -6.09. The number of piperidine rings is 1. The van der Waals surface area contributed by atoms with Gasteiger partial charge in [-0.25, -0.2) is 13.2 Å². The molecule has 11 heteroatoms. The lowest BCUT2D eigenvalue weighted by atomic mass is 9.86. The third-order valence-corrected chi connectivity index (χ3v) is 8.56. The number of alkyl halides is 3. The maximum Gasteiger partial charge on any atom is 0.485 e. The Kier molecular flexibility index (Phi) is 7.72. The zero-order valence-electron chi connectivity index (χ0n) is 20.1. The van der Waals surface area contributed by atoms with E-state index in [1.807, 2.05) is 36.4 Å². The van der Waals surface area contributed by atoms with Gasteiger partial charge in [0.2, 0.25) is 5.60 Å². The van der Waals surface area contributed by atoms with Crippen molar-refractivity contribution >= 4 is 16.1 Å². The zero-order chi connectivity index (χ0) is 26.9. The lowest BCUT2D eigenvalue weighted by molar-refractivity contribution is -0.956. The number of quaternary nitrogens is 1. The molecule has 1 spiro atoms. The van der Waals surface area contributed by atoms with Crippen LogP contribution in [0.3, 0.4) is 0 Å². The fourth-order valence-corrected chi connectivity index (χ4v) is 6.30. The maximum atomic E-state index is 13.4. The molecular formula is C26H30F3NO6S. The quantitative estimate of drug-likeness (QED) is 0.273. The van der Waals surface area contributed by atoms with Crippen molar-refractivity contribution in [2.45, 2.75) is 67.8 Å². The first-order valence-electron chi connectivity index (χ1n) is 12.3. The minimum absolute atomic E-state index is 0.0942. The van der Waals surface area contributed by atoms with Crippen LogP contribution in [0.25, 0.3) is 0 Å². The summed E-state index contributed by atoms with van der Waals surface area (Å²) in [5.74, 6) is -0.547. The number of aliphatic hydroxyl groups is 1. The molecule has 3 heterocycles. The van der Waals surface area contributed by atoms with Crippen molar-refractivity contribution in [3.05, 3.63) is 71.8 Å². The van der Waals surface area contributed by atoms with Crippen LogP contribution in [-0.4, -0.2) is 65.3 Å². The lowest BCUT2D eigenvalue weighted by Crippen LogP contribution is -2.60. The van der Waals surface area contributed by atoms with E-state index in [0.29, 0.717) is 23.2 Å². The number of rotatable bonds is 4. The van der Waals surface area contributed by atoms with Gasteiger partial charge in [-0.2, -0.15) is 13.2 Å². The molecule has 2 unspecified atom stereocenters. The summed E-state index contributed by atoms with van der Waals surface area (Å²) in [6, 6.07) is 19.6. The molecule has 0 aliphatic carbocycles. The zero-order valence-corrected chi connectivity index (χ0v) is 21.0. The highest BCUT2D eigenvalue weighted by molar-refractivity contribution is 7.86. The summed E-state index contributed by atoms with van der Waals surface area (Å²) >= 11 is 0. The van der Waals surface area contributed by atoms with Crippen molar-refractivity contribution in [3.63, 3.8) is 0 Å². The second-order valence-corrected chi connectivity index (χ2v) is 11.4. The van der Waals surface area contributed by atoms with E-state index in [9.17, 15) is 23.1 Å². The summed E-state index contributed by atoms with van der Waals surface area (Å²) in [5.41, 5.74) is -6.32. The van der Waals surface area contributed by atoms with Crippen LogP contribution in [0, 0.1) is 0 Å². The van der Waals surface area contributed by atoms with Gasteiger partial charge in [-0.05, 0) is 11.1 Å². The Hall–Kier alpha value is -2.47. The highest BCUT2D eigenvalue weighted by Crippen LogP contribution is 2.46. The average Bonchev–Trinajstić information content (AvgIpc) is 3.40.